The number of nitrogens with zero attached hydrogens (tertiary/aromatic N) is 1. The highest BCUT2D eigenvalue weighted by molar-refractivity contribution is 5.69. The van der Waals surface area contributed by atoms with Gasteiger partial charge in [0.05, 0.1) is 11.3 Å². The monoisotopic (exact) mass is 280 g/mol. The molecule has 0 fully saturated rings. The molecule has 106 valence electrons. The fourth-order valence-electron chi connectivity index (χ4n) is 1.98. The first-order valence-corrected chi connectivity index (χ1v) is 6.06. The third-order valence-corrected chi connectivity index (χ3v) is 3.11. The van der Waals surface area contributed by atoms with Gasteiger partial charge in [0.25, 0.3) is 0 Å². The van der Waals surface area contributed by atoms with Crippen LogP contribution < -0.4 is 10.6 Å². The van der Waals surface area contributed by atoms with Gasteiger partial charge in [0.15, 0.2) is 0 Å². The highest BCUT2D eigenvalue weighted by Gasteiger charge is 2.34. The van der Waals surface area contributed by atoms with Gasteiger partial charge in [0.2, 0.25) is 0 Å². The van der Waals surface area contributed by atoms with E-state index in [2.05, 4.69) is 0 Å². The molecule has 0 aliphatic heterocycles. The molecule has 0 spiro atoms. The van der Waals surface area contributed by atoms with E-state index < -0.39 is 11.7 Å². The minimum absolute atomic E-state index is 0.0792. The summed E-state index contributed by atoms with van der Waals surface area (Å²) < 4.78 is 39.3. The predicted molar refractivity (Wildman–Crippen MR) is 75.1 cm³/mol. The summed E-state index contributed by atoms with van der Waals surface area (Å²) in [4.78, 5) is 1.50. The van der Waals surface area contributed by atoms with Crippen LogP contribution in [0.15, 0.2) is 42.5 Å². The first-order chi connectivity index (χ1) is 9.29. The quantitative estimate of drug-likeness (QED) is 0.828. The van der Waals surface area contributed by atoms with E-state index in [0.717, 1.165) is 11.6 Å². The van der Waals surface area contributed by atoms with Gasteiger partial charge < -0.3 is 10.6 Å². The molecular weight excluding hydrogens is 265 g/mol. The molecule has 0 aliphatic carbocycles. The van der Waals surface area contributed by atoms with E-state index in [0.29, 0.717) is 5.69 Å². The summed E-state index contributed by atoms with van der Waals surface area (Å²) in [5.41, 5.74) is 6.64. The number of hydrogen-bond acceptors (Lipinski definition) is 2. The van der Waals surface area contributed by atoms with Gasteiger partial charge in [0, 0.05) is 18.4 Å². The molecule has 20 heavy (non-hydrogen) atoms. The van der Waals surface area contributed by atoms with Crippen LogP contribution in [-0.4, -0.2) is 7.05 Å². The molecule has 0 bridgehead atoms. The first kappa shape index (κ1) is 14.2. The minimum atomic E-state index is -4.44. The second kappa shape index (κ2) is 5.07. The number of benzene rings is 2. The van der Waals surface area contributed by atoms with Crippen LogP contribution in [0.25, 0.3) is 0 Å². The second-order valence-corrected chi connectivity index (χ2v) is 4.67. The molecule has 0 saturated carbocycles. The largest absolute Gasteiger partial charge is 0.418 e. The average Bonchev–Trinajstić information content (AvgIpc) is 2.38. The summed E-state index contributed by atoms with van der Waals surface area (Å²) in [6, 6.07) is 11.1. The van der Waals surface area contributed by atoms with Crippen molar-refractivity contribution in [3.63, 3.8) is 0 Å². The second-order valence-electron chi connectivity index (χ2n) is 4.67. The summed E-state index contributed by atoms with van der Waals surface area (Å²) in [6.45, 7) is 1.92. The summed E-state index contributed by atoms with van der Waals surface area (Å²) in [6.07, 6.45) is -4.44. The van der Waals surface area contributed by atoms with E-state index in [1.165, 1.54) is 17.0 Å². The average molecular weight is 280 g/mol. The Balaban J connectivity index is 2.49. The van der Waals surface area contributed by atoms with Crippen molar-refractivity contribution >= 4 is 17.1 Å². The molecule has 0 radical (unpaired) electrons. The van der Waals surface area contributed by atoms with Gasteiger partial charge in [-0.3, -0.25) is 0 Å². The zero-order valence-electron chi connectivity index (χ0n) is 11.2. The number of nitrogen functional groups attached to an aromatic ring is 1. The van der Waals surface area contributed by atoms with Crippen molar-refractivity contribution in [2.75, 3.05) is 17.7 Å². The van der Waals surface area contributed by atoms with Gasteiger partial charge in [0.1, 0.15) is 0 Å². The normalized spacial score (nSPS) is 11.4. The van der Waals surface area contributed by atoms with Crippen LogP contribution in [0.3, 0.4) is 0 Å². The smallest absolute Gasteiger partial charge is 0.399 e. The molecule has 5 heteroatoms. The summed E-state index contributed by atoms with van der Waals surface area (Å²) in [7, 11) is 1.60. The lowest BCUT2D eigenvalue weighted by molar-refractivity contribution is -0.137. The van der Waals surface area contributed by atoms with Crippen molar-refractivity contribution < 1.29 is 13.2 Å². The maximum Gasteiger partial charge on any atom is 0.418 e. The standard InChI is InChI=1S/C15H15F3N2/c1-10-3-6-12(7-4-10)20(2)14-8-5-11(19)9-13(14)15(16,17)18/h3-9H,19H2,1-2H3. The number of nitrogens with two attached hydrogens (primary N) is 1. The zero-order chi connectivity index (χ0) is 14.9. The number of anilines is 3. The number of aryl methyl sites for hydroxylation is 1. The lowest BCUT2D eigenvalue weighted by atomic mass is 10.1. The van der Waals surface area contributed by atoms with Gasteiger partial charge in [-0.05, 0) is 37.3 Å². The van der Waals surface area contributed by atoms with Crippen molar-refractivity contribution in [3.8, 4) is 0 Å². The predicted octanol–water partition coefficient (Wildman–Crippen LogP) is 4.36. The van der Waals surface area contributed by atoms with Crippen molar-refractivity contribution in [3.05, 3.63) is 53.6 Å². The molecule has 2 nitrogen and oxygen atoms in total. The van der Waals surface area contributed by atoms with Crippen LogP contribution in [0.1, 0.15) is 11.1 Å². The van der Waals surface area contributed by atoms with E-state index in [1.54, 1.807) is 19.2 Å². The van der Waals surface area contributed by atoms with Crippen LogP contribution >= 0.6 is 0 Å². The fourth-order valence-corrected chi connectivity index (χ4v) is 1.98. The lowest BCUT2D eigenvalue weighted by Gasteiger charge is -2.24. The van der Waals surface area contributed by atoms with Crippen LogP contribution in [0.5, 0.6) is 0 Å². The van der Waals surface area contributed by atoms with Crippen molar-refractivity contribution in [1.29, 1.82) is 0 Å². The highest BCUT2D eigenvalue weighted by Crippen LogP contribution is 2.39. The van der Waals surface area contributed by atoms with Crippen LogP contribution in [0.2, 0.25) is 0 Å². The number of halogens is 3. The van der Waals surface area contributed by atoms with Crippen LogP contribution in [0.4, 0.5) is 30.2 Å². The molecular formula is C15H15F3N2. The Morgan fingerprint density at radius 1 is 1.00 bits per heavy atom. The first-order valence-electron chi connectivity index (χ1n) is 6.06. The molecule has 0 aromatic heterocycles. The Bertz CT molecular complexity index is 604. The molecule has 0 heterocycles. The third-order valence-electron chi connectivity index (χ3n) is 3.11. The molecule has 0 saturated heterocycles. The van der Waals surface area contributed by atoms with Gasteiger partial charge in [-0.25, -0.2) is 0 Å². The Morgan fingerprint density at radius 3 is 2.15 bits per heavy atom. The van der Waals surface area contributed by atoms with E-state index in [-0.39, 0.29) is 11.4 Å². The summed E-state index contributed by atoms with van der Waals surface area (Å²) in [5.74, 6) is 0. The molecule has 2 rings (SSSR count). The van der Waals surface area contributed by atoms with Gasteiger partial charge in [-0.1, -0.05) is 17.7 Å². The molecule has 0 atom stereocenters. The van der Waals surface area contributed by atoms with Crippen molar-refractivity contribution in [2.24, 2.45) is 0 Å². The zero-order valence-corrected chi connectivity index (χ0v) is 11.2. The van der Waals surface area contributed by atoms with Gasteiger partial charge >= 0.3 is 6.18 Å². The maximum absolute atomic E-state index is 13.1. The molecule has 2 N–H and O–H groups in total. The summed E-state index contributed by atoms with van der Waals surface area (Å²) in [5, 5.41) is 0. The van der Waals surface area contributed by atoms with Crippen molar-refractivity contribution in [1.82, 2.24) is 0 Å². The molecule has 0 amide bonds. The topological polar surface area (TPSA) is 29.3 Å². The third kappa shape index (κ3) is 2.87. The minimum Gasteiger partial charge on any atom is -0.399 e. The highest BCUT2D eigenvalue weighted by atomic mass is 19.4. The SMILES string of the molecule is Cc1ccc(N(C)c2ccc(N)cc2C(F)(F)F)cc1. The lowest BCUT2D eigenvalue weighted by Crippen LogP contribution is -2.17. The molecule has 0 aliphatic rings. The molecule has 2 aromatic carbocycles. The maximum atomic E-state index is 13.1. The number of alkyl halides is 3. The Morgan fingerprint density at radius 2 is 1.60 bits per heavy atom. The van der Waals surface area contributed by atoms with Crippen LogP contribution in [0, 0.1) is 6.92 Å². The van der Waals surface area contributed by atoms with E-state index in [1.807, 2.05) is 19.1 Å². The van der Waals surface area contributed by atoms with E-state index >= 15 is 0 Å². The van der Waals surface area contributed by atoms with Crippen LogP contribution in [-0.2, 0) is 6.18 Å². The van der Waals surface area contributed by atoms with Gasteiger partial charge in [-0.2, -0.15) is 13.2 Å². The number of rotatable bonds is 2. The van der Waals surface area contributed by atoms with Gasteiger partial charge in [-0.15, -0.1) is 0 Å². The van der Waals surface area contributed by atoms with E-state index in [9.17, 15) is 13.2 Å². The van der Waals surface area contributed by atoms with Crippen molar-refractivity contribution in [2.45, 2.75) is 13.1 Å². The Labute approximate surface area is 115 Å². The molecule has 0 unspecified atom stereocenters. The Hall–Kier alpha value is -2.17. The summed E-state index contributed by atoms with van der Waals surface area (Å²) >= 11 is 0. The number of hydrogen-bond donors (Lipinski definition) is 1. The van der Waals surface area contributed by atoms with E-state index in [4.69, 9.17) is 5.73 Å². The fraction of sp³-hybridized carbons (Fsp3) is 0.200. The Kier molecular flexibility index (Phi) is 3.61. The molecule has 2 aromatic rings.